The molecule has 0 bridgehead atoms. The van der Waals surface area contributed by atoms with Gasteiger partial charge in [0.15, 0.2) is 5.03 Å². The van der Waals surface area contributed by atoms with E-state index >= 15 is 0 Å². The van der Waals surface area contributed by atoms with E-state index in [9.17, 15) is 5.11 Å². The molecule has 2 heterocycles. The Labute approximate surface area is 69.1 Å². The lowest BCUT2D eigenvalue weighted by atomic mass is 10.5. The van der Waals surface area contributed by atoms with E-state index in [0.29, 0.717) is 0 Å². The van der Waals surface area contributed by atoms with E-state index in [2.05, 4.69) is 4.98 Å². The van der Waals surface area contributed by atoms with Crippen LogP contribution in [0, 0.1) is 6.92 Å². The van der Waals surface area contributed by atoms with Crippen LogP contribution in [0.25, 0.3) is 0 Å². The number of rotatable bonds is 0. The zero-order chi connectivity index (χ0) is 7.84. The van der Waals surface area contributed by atoms with E-state index in [4.69, 9.17) is 0 Å². The fourth-order valence-corrected chi connectivity index (χ4v) is 2.24. The Balaban J connectivity index is 2.64. The number of nitrogens with zero attached hydrogens (tertiary/aromatic N) is 2. The maximum absolute atomic E-state index is 11.2. The van der Waals surface area contributed by atoms with Crippen LogP contribution in [0.2, 0.25) is 0 Å². The molecule has 1 aliphatic heterocycles. The fraction of sp³-hybridized carbons (Fsp3) is 0.429. The van der Waals surface area contributed by atoms with Crippen LogP contribution < -0.4 is 9.67 Å². The van der Waals surface area contributed by atoms with Crippen molar-refractivity contribution < 1.29 is 9.67 Å². The summed E-state index contributed by atoms with van der Waals surface area (Å²) >= 11 is 1.62. The van der Waals surface area contributed by atoms with Gasteiger partial charge in [-0.15, -0.1) is 0 Å². The molecule has 11 heavy (non-hydrogen) atoms. The van der Waals surface area contributed by atoms with E-state index in [1.807, 2.05) is 11.5 Å². The molecular formula is C7H8N2OS. The molecule has 0 unspecified atom stereocenters. The first kappa shape index (κ1) is 6.91. The summed E-state index contributed by atoms with van der Waals surface area (Å²) in [5.41, 5.74) is 0. The number of fused-ring (bicyclic) bond motifs is 1. The lowest BCUT2D eigenvalue weighted by Gasteiger charge is -2.05. The summed E-state index contributed by atoms with van der Waals surface area (Å²) in [6.45, 7) is 2.85. The molecule has 0 saturated heterocycles. The van der Waals surface area contributed by atoms with Gasteiger partial charge >= 0.3 is 0 Å². The Bertz CT molecular complexity index is 272. The van der Waals surface area contributed by atoms with Crippen LogP contribution in [0.1, 0.15) is 5.82 Å². The zero-order valence-corrected chi connectivity index (χ0v) is 7.02. The van der Waals surface area contributed by atoms with Gasteiger partial charge in [0.25, 0.3) is 5.82 Å². The van der Waals surface area contributed by atoms with Crippen molar-refractivity contribution in [1.82, 2.24) is 4.98 Å². The van der Waals surface area contributed by atoms with Crippen molar-refractivity contribution >= 4 is 11.8 Å². The molecule has 3 nitrogen and oxygen atoms in total. The molecule has 0 atom stereocenters. The van der Waals surface area contributed by atoms with Crippen molar-refractivity contribution in [3.05, 3.63) is 12.0 Å². The van der Waals surface area contributed by atoms with E-state index in [1.165, 1.54) is 6.20 Å². The van der Waals surface area contributed by atoms with Crippen LogP contribution in [-0.2, 0) is 6.54 Å². The molecule has 0 fully saturated rings. The minimum absolute atomic E-state index is 0.0538. The molecule has 0 amide bonds. The molecule has 0 N–H and O–H groups in total. The quantitative estimate of drug-likeness (QED) is 0.400. The SMILES string of the molecule is Cc1ncc([O-])c2[n+]1CCS2. The van der Waals surface area contributed by atoms with Crippen LogP contribution in [-0.4, -0.2) is 10.7 Å². The summed E-state index contributed by atoms with van der Waals surface area (Å²) in [5.74, 6) is 1.99. The number of aryl methyl sites for hydroxylation is 1. The van der Waals surface area contributed by atoms with Gasteiger partial charge in [-0.2, -0.15) is 0 Å². The predicted octanol–water partition coefficient (Wildman–Crippen LogP) is -0.143. The third-order valence-electron chi connectivity index (χ3n) is 1.77. The number of aromatic nitrogens is 2. The van der Waals surface area contributed by atoms with Gasteiger partial charge in [-0.25, -0.2) is 4.57 Å². The van der Waals surface area contributed by atoms with Gasteiger partial charge in [0.1, 0.15) is 12.7 Å². The third-order valence-corrected chi connectivity index (χ3v) is 2.85. The Morgan fingerprint density at radius 2 is 2.55 bits per heavy atom. The maximum Gasteiger partial charge on any atom is 0.296 e. The summed E-state index contributed by atoms with van der Waals surface area (Å²) in [4.78, 5) is 3.99. The molecule has 1 aliphatic rings. The first-order chi connectivity index (χ1) is 5.29. The van der Waals surface area contributed by atoms with Gasteiger partial charge in [0.05, 0.1) is 0 Å². The van der Waals surface area contributed by atoms with Gasteiger partial charge in [-0.3, -0.25) is 0 Å². The predicted molar refractivity (Wildman–Crippen MR) is 39.3 cm³/mol. The van der Waals surface area contributed by atoms with Crippen LogP contribution in [0.15, 0.2) is 11.2 Å². The fourth-order valence-electron chi connectivity index (χ4n) is 1.20. The minimum Gasteiger partial charge on any atom is -0.867 e. The van der Waals surface area contributed by atoms with Crippen molar-refractivity contribution in [1.29, 1.82) is 0 Å². The van der Waals surface area contributed by atoms with Crippen molar-refractivity contribution in [2.24, 2.45) is 0 Å². The van der Waals surface area contributed by atoms with Gasteiger partial charge in [-0.05, 0) is 5.75 Å². The molecule has 1 aromatic heterocycles. The monoisotopic (exact) mass is 168 g/mol. The highest BCUT2D eigenvalue weighted by atomic mass is 32.2. The first-order valence-corrected chi connectivity index (χ1v) is 4.47. The molecule has 0 aromatic carbocycles. The highest BCUT2D eigenvalue weighted by Gasteiger charge is 2.19. The maximum atomic E-state index is 11.2. The summed E-state index contributed by atoms with van der Waals surface area (Å²) in [6, 6.07) is 0. The highest BCUT2D eigenvalue weighted by molar-refractivity contribution is 7.99. The first-order valence-electron chi connectivity index (χ1n) is 3.48. The average molecular weight is 168 g/mol. The highest BCUT2D eigenvalue weighted by Crippen LogP contribution is 2.25. The lowest BCUT2D eigenvalue weighted by Crippen LogP contribution is -2.37. The van der Waals surface area contributed by atoms with E-state index < -0.39 is 0 Å². The number of thioether (sulfide) groups is 1. The number of hydrogen-bond acceptors (Lipinski definition) is 3. The molecule has 0 spiro atoms. The van der Waals surface area contributed by atoms with Crippen LogP contribution in [0.3, 0.4) is 0 Å². The minimum atomic E-state index is 0.0538. The molecule has 2 rings (SSSR count). The Hall–Kier alpha value is -0.770. The molecular weight excluding hydrogens is 160 g/mol. The lowest BCUT2D eigenvalue weighted by molar-refractivity contribution is -0.734. The molecule has 1 aromatic rings. The molecule has 0 radical (unpaired) electrons. The third kappa shape index (κ3) is 0.976. The Morgan fingerprint density at radius 3 is 3.27 bits per heavy atom. The Kier molecular flexibility index (Phi) is 1.49. The van der Waals surface area contributed by atoms with Gasteiger partial charge in [0, 0.05) is 12.7 Å². The summed E-state index contributed by atoms with van der Waals surface area (Å²) in [6.07, 6.45) is 1.40. The summed E-state index contributed by atoms with van der Waals surface area (Å²) in [7, 11) is 0. The van der Waals surface area contributed by atoms with Crippen LogP contribution in [0.5, 0.6) is 5.75 Å². The number of hydrogen-bond donors (Lipinski definition) is 0. The molecule has 0 saturated carbocycles. The van der Waals surface area contributed by atoms with Crippen molar-refractivity contribution in [2.45, 2.75) is 18.5 Å². The van der Waals surface area contributed by atoms with E-state index in [0.717, 1.165) is 23.1 Å². The Morgan fingerprint density at radius 1 is 1.73 bits per heavy atom. The zero-order valence-electron chi connectivity index (χ0n) is 6.20. The van der Waals surface area contributed by atoms with Crippen LogP contribution >= 0.6 is 11.8 Å². The second-order valence-corrected chi connectivity index (χ2v) is 3.56. The second-order valence-electron chi connectivity index (χ2n) is 2.47. The van der Waals surface area contributed by atoms with E-state index in [1.54, 1.807) is 11.8 Å². The van der Waals surface area contributed by atoms with E-state index in [-0.39, 0.29) is 5.75 Å². The van der Waals surface area contributed by atoms with Gasteiger partial charge in [-0.1, -0.05) is 16.7 Å². The smallest absolute Gasteiger partial charge is 0.296 e. The second kappa shape index (κ2) is 2.37. The van der Waals surface area contributed by atoms with Crippen molar-refractivity contribution in [3.63, 3.8) is 0 Å². The van der Waals surface area contributed by atoms with Crippen LogP contribution in [0.4, 0.5) is 0 Å². The normalized spacial score (nSPS) is 15.0. The molecule has 4 heteroatoms. The standard InChI is InChI=1S/C7H8N2OS/c1-5-8-4-6(10)7-9(5)2-3-11-7/h4H,2-3H2,1H3. The molecule has 58 valence electrons. The largest absolute Gasteiger partial charge is 0.867 e. The van der Waals surface area contributed by atoms with Gasteiger partial charge < -0.3 is 5.11 Å². The van der Waals surface area contributed by atoms with Crippen molar-refractivity contribution in [3.8, 4) is 5.75 Å². The van der Waals surface area contributed by atoms with Gasteiger partial charge in [0.2, 0.25) is 0 Å². The summed E-state index contributed by atoms with van der Waals surface area (Å²) in [5, 5.41) is 12.0. The van der Waals surface area contributed by atoms with Crippen molar-refractivity contribution in [2.75, 3.05) is 5.75 Å². The topological polar surface area (TPSA) is 39.8 Å². The average Bonchev–Trinajstić information content (AvgIpc) is 2.45. The molecule has 0 aliphatic carbocycles. The summed E-state index contributed by atoms with van der Waals surface area (Å²) < 4.78 is 1.98.